The van der Waals surface area contributed by atoms with Crippen molar-refractivity contribution in [1.29, 1.82) is 0 Å². The van der Waals surface area contributed by atoms with Gasteiger partial charge in [0, 0.05) is 5.75 Å². The minimum Gasteiger partial charge on any atom is -0.480 e. The molecule has 1 aliphatic rings. The number of carboxylic acids is 1. The molecule has 1 aliphatic carbocycles. The van der Waals surface area contributed by atoms with Crippen LogP contribution in [0.3, 0.4) is 0 Å². The Kier molecular flexibility index (Phi) is 7.38. The topological polar surface area (TPSA) is 116 Å². The number of nitrogens with two attached hydrogens (primary N) is 1. The van der Waals surface area contributed by atoms with E-state index in [9.17, 15) is 14.4 Å². The zero-order valence-electron chi connectivity index (χ0n) is 11.1. The molecule has 0 unspecified atom stereocenters. The van der Waals surface area contributed by atoms with E-state index in [2.05, 4.69) is 4.74 Å². The first-order valence-electron chi connectivity index (χ1n) is 6.45. The van der Waals surface area contributed by atoms with Gasteiger partial charge in [0.15, 0.2) is 0 Å². The average molecular weight is 305 g/mol. The van der Waals surface area contributed by atoms with Crippen LogP contribution in [0.4, 0.5) is 4.79 Å². The lowest BCUT2D eigenvalue weighted by Gasteiger charge is -2.19. The standard InChI is InChI=1S/C12H19NO6S/c13-9(10(14)15)6-20-12(17)19-7-18-11(16)8-4-2-1-3-5-8/h8-9H,1-7,13H2,(H,14,15)/t9-/m0/s1. The van der Waals surface area contributed by atoms with E-state index >= 15 is 0 Å². The Morgan fingerprint density at radius 1 is 1.20 bits per heavy atom. The van der Waals surface area contributed by atoms with E-state index in [-0.39, 0.29) is 17.6 Å². The third-order valence-electron chi connectivity index (χ3n) is 3.01. The molecule has 0 bridgehead atoms. The van der Waals surface area contributed by atoms with E-state index in [4.69, 9.17) is 15.6 Å². The maximum atomic E-state index is 11.6. The Bertz CT molecular complexity index is 356. The van der Waals surface area contributed by atoms with E-state index in [0.29, 0.717) is 11.8 Å². The van der Waals surface area contributed by atoms with Crippen LogP contribution in [0.15, 0.2) is 0 Å². The van der Waals surface area contributed by atoms with Gasteiger partial charge in [-0.3, -0.25) is 9.59 Å². The maximum absolute atomic E-state index is 11.6. The predicted octanol–water partition coefficient (Wildman–Crippen LogP) is 1.35. The molecule has 1 rings (SSSR count). The Balaban J connectivity index is 2.12. The molecule has 3 N–H and O–H groups in total. The number of ether oxygens (including phenoxy) is 2. The largest absolute Gasteiger partial charge is 0.480 e. The molecule has 7 nitrogen and oxygen atoms in total. The van der Waals surface area contributed by atoms with E-state index < -0.39 is 24.1 Å². The lowest BCUT2D eigenvalue weighted by Crippen LogP contribution is -2.33. The van der Waals surface area contributed by atoms with Crippen molar-refractivity contribution in [3.8, 4) is 0 Å². The number of carbonyl (C=O) groups is 3. The quantitative estimate of drug-likeness (QED) is 0.558. The maximum Gasteiger partial charge on any atom is 0.370 e. The molecule has 1 atom stereocenters. The van der Waals surface area contributed by atoms with Crippen LogP contribution in [0.1, 0.15) is 32.1 Å². The molecule has 0 radical (unpaired) electrons. The summed E-state index contributed by atoms with van der Waals surface area (Å²) < 4.78 is 9.53. The highest BCUT2D eigenvalue weighted by atomic mass is 32.2. The van der Waals surface area contributed by atoms with Gasteiger partial charge < -0.3 is 20.3 Å². The van der Waals surface area contributed by atoms with E-state index in [1.807, 2.05) is 0 Å². The van der Waals surface area contributed by atoms with Gasteiger partial charge in [-0.15, -0.1) is 0 Å². The summed E-state index contributed by atoms with van der Waals surface area (Å²) in [5.41, 5.74) is 5.23. The number of aliphatic carboxylic acids is 1. The number of hydrogen-bond acceptors (Lipinski definition) is 7. The van der Waals surface area contributed by atoms with Gasteiger partial charge in [0.25, 0.3) is 0 Å². The highest BCUT2D eigenvalue weighted by Gasteiger charge is 2.22. The van der Waals surface area contributed by atoms with Gasteiger partial charge in [0.1, 0.15) is 6.04 Å². The fourth-order valence-corrected chi connectivity index (χ4v) is 2.45. The first-order chi connectivity index (χ1) is 9.50. The molecule has 0 aromatic rings. The average Bonchev–Trinajstić information content (AvgIpc) is 2.45. The Hall–Kier alpha value is -1.28. The monoisotopic (exact) mass is 305 g/mol. The molecular formula is C12H19NO6S. The summed E-state index contributed by atoms with van der Waals surface area (Å²) in [6.45, 7) is -0.441. The second-order valence-corrected chi connectivity index (χ2v) is 5.52. The Morgan fingerprint density at radius 3 is 2.45 bits per heavy atom. The van der Waals surface area contributed by atoms with E-state index in [1.54, 1.807) is 0 Å². The molecule has 0 heterocycles. The number of thioether (sulfide) groups is 1. The van der Waals surface area contributed by atoms with Crippen molar-refractivity contribution in [3.05, 3.63) is 0 Å². The van der Waals surface area contributed by atoms with Crippen LogP contribution < -0.4 is 5.73 Å². The molecule has 20 heavy (non-hydrogen) atoms. The number of hydrogen-bond donors (Lipinski definition) is 2. The van der Waals surface area contributed by atoms with Gasteiger partial charge >= 0.3 is 17.2 Å². The number of rotatable bonds is 6. The van der Waals surface area contributed by atoms with Crippen LogP contribution in [-0.4, -0.2) is 40.9 Å². The highest BCUT2D eigenvalue weighted by Crippen LogP contribution is 2.24. The number of esters is 1. The molecule has 0 aromatic heterocycles. The Morgan fingerprint density at radius 2 is 1.85 bits per heavy atom. The predicted molar refractivity (Wildman–Crippen MR) is 72.1 cm³/mol. The van der Waals surface area contributed by atoms with Crippen molar-refractivity contribution >= 4 is 29.0 Å². The van der Waals surface area contributed by atoms with Crippen molar-refractivity contribution in [3.63, 3.8) is 0 Å². The van der Waals surface area contributed by atoms with Crippen LogP contribution in [0, 0.1) is 5.92 Å². The number of carboxylic acid groups (broad SMARTS) is 1. The normalized spacial score (nSPS) is 17.2. The first kappa shape index (κ1) is 16.8. The van der Waals surface area contributed by atoms with Crippen molar-refractivity contribution < 1.29 is 29.0 Å². The fourth-order valence-electron chi connectivity index (χ4n) is 1.86. The third-order valence-corrected chi connectivity index (χ3v) is 3.89. The summed E-state index contributed by atoms with van der Waals surface area (Å²) >= 11 is 0.642. The smallest absolute Gasteiger partial charge is 0.370 e. The van der Waals surface area contributed by atoms with Gasteiger partial charge in [-0.25, -0.2) is 4.79 Å². The summed E-state index contributed by atoms with van der Waals surface area (Å²) in [7, 11) is 0. The zero-order valence-corrected chi connectivity index (χ0v) is 11.9. The van der Waals surface area contributed by atoms with Gasteiger partial charge in [-0.2, -0.15) is 0 Å². The van der Waals surface area contributed by atoms with Crippen LogP contribution in [-0.2, 0) is 19.1 Å². The molecule has 8 heteroatoms. The molecule has 0 aliphatic heterocycles. The molecule has 0 aromatic carbocycles. The zero-order chi connectivity index (χ0) is 15.0. The van der Waals surface area contributed by atoms with Crippen LogP contribution >= 0.6 is 11.8 Å². The lowest BCUT2D eigenvalue weighted by atomic mass is 9.89. The van der Waals surface area contributed by atoms with E-state index in [0.717, 1.165) is 32.1 Å². The lowest BCUT2D eigenvalue weighted by molar-refractivity contribution is -0.157. The molecule has 0 spiro atoms. The fraction of sp³-hybridized carbons (Fsp3) is 0.750. The molecule has 1 saturated carbocycles. The van der Waals surface area contributed by atoms with Crippen LogP contribution in [0.25, 0.3) is 0 Å². The van der Waals surface area contributed by atoms with E-state index in [1.165, 1.54) is 0 Å². The Labute approximate surface area is 121 Å². The van der Waals surface area contributed by atoms with Crippen molar-refractivity contribution in [2.24, 2.45) is 11.7 Å². The van der Waals surface area contributed by atoms with Gasteiger partial charge in [-0.1, -0.05) is 19.3 Å². The highest BCUT2D eigenvalue weighted by molar-refractivity contribution is 8.13. The van der Waals surface area contributed by atoms with Gasteiger partial charge in [0.2, 0.25) is 6.79 Å². The molecule has 1 fully saturated rings. The summed E-state index contributed by atoms with van der Waals surface area (Å²) in [5.74, 6) is -1.72. The minimum atomic E-state index is -1.19. The summed E-state index contributed by atoms with van der Waals surface area (Å²) in [4.78, 5) is 33.3. The molecule has 0 saturated heterocycles. The van der Waals surface area contributed by atoms with Crippen molar-refractivity contribution in [2.75, 3.05) is 12.5 Å². The minimum absolute atomic E-state index is 0.0925. The summed E-state index contributed by atoms with van der Waals surface area (Å²) in [6, 6.07) is -1.13. The molecular weight excluding hydrogens is 286 g/mol. The summed E-state index contributed by atoms with van der Waals surface area (Å²) in [6.07, 6.45) is 4.80. The van der Waals surface area contributed by atoms with Gasteiger partial charge in [0.05, 0.1) is 5.92 Å². The summed E-state index contributed by atoms with van der Waals surface area (Å²) in [5, 5.41) is 7.82. The first-order valence-corrected chi connectivity index (χ1v) is 7.44. The molecule has 114 valence electrons. The van der Waals surface area contributed by atoms with Crippen molar-refractivity contribution in [1.82, 2.24) is 0 Å². The van der Waals surface area contributed by atoms with Gasteiger partial charge in [-0.05, 0) is 24.6 Å². The second-order valence-electron chi connectivity index (χ2n) is 4.57. The molecule has 0 amide bonds. The second kappa shape index (κ2) is 8.80. The number of carbonyl (C=O) groups excluding carboxylic acids is 2. The SMILES string of the molecule is N[C@@H](CSC(=O)OCOC(=O)C1CCCCC1)C(=O)O. The third kappa shape index (κ3) is 6.25. The van der Waals surface area contributed by atoms with Crippen LogP contribution in [0.2, 0.25) is 0 Å². The van der Waals surface area contributed by atoms with Crippen LogP contribution in [0.5, 0.6) is 0 Å². The van der Waals surface area contributed by atoms with Crippen molar-refractivity contribution in [2.45, 2.75) is 38.1 Å².